The van der Waals surface area contributed by atoms with Crippen molar-refractivity contribution in [2.45, 2.75) is 13.5 Å². The van der Waals surface area contributed by atoms with Gasteiger partial charge >= 0.3 is 11.8 Å². The number of amides is 1. The Balaban J connectivity index is 2.13. The predicted octanol–water partition coefficient (Wildman–Crippen LogP) is 3.24. The fraction of sp³-hybridized carbons (Fsp3) is 0.143. The van der Waals surface area contributed by atoms with Gasteiger partial charge in [0.2, 0.25) is 5.76 Å². The van der Waals surface area contributed by atoms with Gasteiger partial charge in [0.25, 0.3) is 0 Å². The molecule has 2 aromatic heterocycles. The molecule has 0 aliphatic rings. The molecule has 3 rings (SSSR count). The fourth-order valence-corrected chi connectivity index (χ4v) is 3.32. The minimum absolute atomic E-state index is 0.140. The van der Waals surface area contributed by atoms with Gasteiger partial charge in [-0.05, 0) is 19.1 Å². The quantitative estimate of drug-likeness (QED) is 0.534. The molecule has 0 fully saturated rings. The fourth-order valence-electron chi connectivity index (χ4n) is 2.19. The smallest absolute Gasteiger partial charge is 0.395 e. The highest BCUT2D eigenvalue weighted by Crippen LogP contribution is 2.22. The van der Waals surface area contributed by atoms with Crippen LogP contribution in [0.2, 0.25) is 0 Å². The Morgan fingerprint density at radius 1 is 1.42 bits per heavy atom. The molecule has 10 heteroatoms. The molecule has 0 saturated heterocycles. The molecule has 0 bridgehead atoms. The summed E-state index contributed by atoms with van der Waals surface area (Å²) in [6.07, 6.45) is 0. The first kappa shape index (κ1) is 16.0. The van der Waals surface area contributed by atoms with Crippen LogP contribution < -0.4 is 4.80 Å². The Labute approximate surface area is 136 Å². The summed E-state index contributed by atoms with van der Waals surface area (Å²) in [5, 5.41) is 10.6. The van der Waals surface area contributed by atoms with Gasteiger partial charge in [-0.3, -0.25) is 14.9 Å². The number of thiazole rings is 1. The maximum Gasteiger partial charge on any atom is 0.433 e. The molecule has 0 N–H and O–H groups in total. The summed E-state index contributed by atoms with van der Waals surface area (Å²) in [5.41, 5.74) is 0.140. The molecule has 2 heterocycles. The minimum atomic E-state index is -0.849. The van der Waals surface area contributed by atoms with Crippen molar-refractivity contribution >= 4 is 33.3 Å². The molecule has 0 radical (unpaired) electrons. The molecule has 0 atom stereocenters. The lowest BCUT2D eigenvalue weighted by atomic mass is 10.3. The second-order valence-electron chi connectivity index (χ2n) is 4.68. The summed E-state index contributed by atoms with van der Waals surface area (Å²) in [7, 11) is 0. The molecular weight excluding hydrogens is 344 g/mol. The van der Waals surface area contributed by atoms with Crippen molar-refractivity contribution in [3.8, 4) is 0 Å². The molecule has 0 spiro atoms. The van der Waals surface area contributed by atoms with Crippen LogP contribution in [-0.4, -0.2) is 15.4 Å². The van der Waals surface area contributed by atoms with Crippen LogP contribution in [0.5, 0.6) is 0 Å². The zero-order chi connectivity index (χ0) is 17.4. The number of aromatic nitrogens is 1. The van der Waals surface area contributed by atoms with Crippen LogP contribution in [-0.2, 0) is 6.54 Å². The number of carbonyl (C=O) groups excluding carboxylic acids is 1. The van der Waals surface area contributed by atoms with Crippen LogP contribution in [0.1, 0.15) is 17.5 Å². The van der Waals surface area contributed by atoms with Crippen LogP contribution in [0.4, 0.5) is 14.7 Å². The van der Waals surface area contributed by atoms with Gasteiger partial charge in [-0.1, -0.05) is 11.3 Å². The minimum Gasteiger partial charge on any atom is -0.395 e. The Bertz CT molecular complexity index is 1030. The van der Waals surface area contributed by atoms with E-state index in [1.165, 1.54) is 4.57 Å². The van der Waals surface area contributed by atoms with Crippen molar-refractivity contribution in [3.63, 3.8) is 0 Å². The zero-order valence-corrected chi connectivity index (χ0v) is 13.0. The molecule has 0 unspecified atom stereocenters. The van der Waals surface area contributed by atoms with Gasteiger partial charge in [-0.15, -0.1) is 0 Å². The summed E-state index contributed by atoms with van der Waals surface area (Å²) >= 11 is 0.933. The van der Waals surface area contributed by atoms with E-state index in [9.17, 15) is 23.7 Å². The number of rotatable bonds is 3. The number of nitrogens with zero attached hydrogens (tertiary/aromatic N) is 3. The van der Waals surface area contributed by atoms with Crippen molar-refractivity contribution < 1.29 is 22.9 Å². The second kappa shape index (κ2) is 5.96. The summed E-state index contributed by atoms with van der Waals surface area (Å²) in [6.45, 7) is 2.02. The van der Waals surface area contributed by atoms with Crippen LogP contribution in [0.25, 0.3) is 10.2 Å². The summed E-state index contributed by atoms with van der Waals surface area (Å²) in [4.78, 5) is 25.8. The first-order chi connectivity index (χ1) is 11.4. The third kappa shape index (κ3) is 2.71. The van der Waals surface area contributed by atoms with Crippen LogP contribution in [0.3, 0.4) is 0 Å². The topological polar surface area (TPSA) is 90.6 Å². The van der Waals surface area contributed by atoms with E-state index in [4.69, 9.17) is 4.42 Å². The van der Waals surface area contributed by atoms with Crippen molar-refractivity contribution in [1.29, 1.82) is 0 Å². The van der Waals surface area contributed by atoms with E-state index in [0.29, 0.717) is 11.2 Å². The molecule has 0 saturated carbocycles. The van der Waals surface area contributed by atoms with E-state index < -0.39 is 28.3 Å². The maximum atomic E-state index is 14.0. The SMILES string of the molecule is CCn1c(=NC(=O)c2ccc([N+](=O)[O-])o2)sc2cc(F)cc(F)c21. The molecular formula is C14H9F2N3O4S. The zero-order valence-electron chi connectivity index (χ0n) is 12.2. The van der Waals surface area contributed by atoms with Gasteiger partial charge in [0.05, 0.1) is 16.3 Å². The van der Waals surface area contributed by atoms with Gasteiger partial charge in [0.1, 0.15) is 10.7 Å². The Morgan fingerprint density at radius 3 is 2.79 bits per heavy atom. The van der Waals surface area contributed by atoms with Gasteiger partial charge in [0, 0.05) is 12.6 Å². The normalized spacial score (nSPS) is 12.0. The average molecular weight is 353 g/mol. The molecule has 0 aliphatic heterocycles. The van der Waals surface area contributed by atoms with E-state index >= 15 is 0 Å². The number of benzene rings is 1. The number of furan rings is 1. The van der Waals surface area contributed by atoms with Crippen LogP contribution >= 0.6 is 11.3 Å². The molecule has 3 aromatic rings. The van der Waals surface area contributed by atoms with Gasteiger partial charge < -0.3 is 8.98 Å². The molecule has 24 heavy (non-hydrogen) atoms. The Morgan fingerprint density at radius 2 is 2.17 bits per heavy atom. The van der Waals surface area contributed by atoms with E-state index in [2.05, 4.69) is 4.99 Å². The van der Waals surface area contributed by atoms with E-state index in [1.807, 2.05) is 0 Å². The number of hydrogen-bond donors (Lipinski definition) is 0. The lowest BCUT2D eigenvalue weighted by molar-refractivity contribution is -0.402. The third-order valence-electron chi connectivity index (χ3n) is 3.19. The van der Waals surface area contributed by atoms with Crippen molar-refractivity contribution in [2.24, 2.45) is 4.99 Å². The summed E-state index contributed by atoms with van der Waals surface area (Å²) < 4.78 is 33.8. The first-order valence-electron chi connectivity index (χ1n) is 6.72. The maximum absolute atomic E-state index is 14.0. The van der Waals surface area contributed by atoms with Crippen LogP contribution in [0.15, 0.2) is 33.7 Å². The van der Waals surface area contributed by atoms with E-state index in [-0.39, 0.29) is 16.1 Å². The lowest BCUT2D eigenvalue weighted by Gasteiger charge is -2.01. The number of halogens is 2. The molecule has 1 aromatic carbocycles. The molecule has 0 aliphatic carbocycles. The third-order valence-corrected chi connectivity index (χ3v) is 4.22. The lowest BCUT2D eigenvalue weighted by Crippen LogP contribution is -2.16. The van der Waals surface area contributed by atoms with Crippen molar-refractivity contribution in [3.05, 3.63) is 56.6 Å². The molecule has 124 valence electrons. The van der Waals surface area contributed by atoms with Gasteiger partial charge in [-0.2, -0.15) is 4.99 Å². The number of carbonyl (C=O) groups is 1. The summed E-state index contributed by atoms with van der Waals surface area (Å²) in [5.74, 6) is -3.23. The predicted molar refractivity (Wildman–Crippen MR) is 80.7 cm³/mol. The van der Waals surface area contributed by atoms with Gasteiger partial charge in [0.15, 0.2) is 10.6 Å². The largest absolute Gasteiger partial charge is 0.433 e. The van der Waals surface area contributed by atoms with Crippen molar-refractivity contribution in [1.82, 2.24) is 4.57 Å². The number of hydrogen-bond acceptors (Lipinski definition) is 5. The van der Waals surface area contributed by atoms with Crippen LogP contribution in [0, 0.1) is 21.7 Å². The van der Waals surface area contributed by atoms with Gasteiger partial charge in [-0.25, -0.2) is 8.78 Å². The summed E-state index contributed by atoms with van der Waals surface area (Å²) in [6, 6.07) is 4.07. The first-order valence-corrected chi connectivity index (χ1v) is 7.54. The molecule has 7 nitrogen and oxygen atoms in total. The highest BCUT2D eigenvalue weighted by atomic mass is 32.1. The number of aryl methyl sites for hydroxylation is 1. The average Bonchev–Trinajstić information content (AvgIpc) is 3.11. The van der Waals surface area contributed by atoms with E-state index in [0.717, 1.165) is 35.6 Å². The number of fused-ring (bicyclic) bond motifs is 1. The van der Waals surface area contributed by atoms with Crippen molar-refractivity contribution in [2.75, 3.05) is 0 Å². The highest BCUT2D eigenvalue weighted by molar-refractivity contribution is 7.16. The monoisotopic (exact) mass is 353 g/mol. The number of nitro groups is 1. The highest BCUT2D eigenvalue weighted by Gasteiger charge is 2.18. The Hall–Kier alpha value is -2.88. The van der Waals surface area contributed by atoms with E-state index in [1.54, 1.807) is 6.92 Å². The standard InChI is InChI=1S/C14H9F2N3O4S/c1-2-18-12-8(16)5-7(15)6-10(12)24-14(18)17-13(20)9-3-4-11(23-9)19(21)22/h3-6H,2H2,1H3. The second-order valence-corrected chi connectivity index (χ2v) is 5.68. The molecule has 1 amide bonds. The Kier molecular flexibility index (Phi) is 3.97.